The number of halogens is 2. The van der Waals surface area contributed by atoms with E-state index in [4.69, 9.17) is 4.74 Å². The largest absolute Gasteiger partial charge is 0.492 e. The normalized spacial score (nSPS) is 10.3. The van der Waals surface area contributed by atoms with Gasteiger partial charge in [0.15, 0.2) is 0 Å². The number of ether oxygens (including phenoxy) is 1. The predicted octanol–water partition coefficient (Wildman–Crippen LogP) is 4.48. The standard InChI is InChI=1S/C11H14Br2OS/c1-15-6-2-5-14-11-4-3-9(8-12)7-10(11)13/h3-4,7H,2,5-6,8H2,1H3. The van der Waals surface area contributed by atoms with Gasteiger partial charge in [-0.1, -0.05) is 22.0 Å². The molecule has 0 aliphatic carbocycles. The van der Waals surface area contributed by atoms with Crippen molar-refractivity contribution >= 4 is 43.6 Å². The molecule has 0 atom stereocenters. The number of rotatable bonds is 6. The zero-order chi connectivity index (χ0) is 11.1. The van der Waals surface area contributed by atoms with E-state index in [1.165, 1.54) is 5.56 Å². The molecule has 1 aromatic carbocycles. The Kier molecular flexibility index (Phi) is 6.77. The number of thioether (sulfide) groups is 1. The Morgan fingerprint density at radius 1 is 1.40 bits per heavy atom. The summed E-state index contributed by atoms with van der Waals surface area (Å²) in [6, 6.07) is 6.17. The van der Waals surface area contributed by atoms with Crippen molar-refractivity contribution in [2.24, 2.45) is 0 Å². The van der Waals surface area contributed by atoms with Crippen molar-refractivity contribution in [2.45, 2.75) is 11.8 Å². The van der Waals surface area contributed by atoms with Gasteiger partial charge in [-0.05, 0) is 52.1 Å². The molecule has 1 nitrogen and oxygen atoms in total. The highest BCUT2D eigenvalue weighted by Crippen LogP contribution is 2.26. The molecule has 0 spiro atoms. The van der Waals surface area contributed by atoms with E-state index in [0.717, 1.165) is 34.3 Å². The first kappa shape index (κ1) is 13.4. The van der Waals surface area contributed by atoms with Crippen LogP contribution in [0.5, 0.6) is 5.75 Å². The van der Waals surface area contributed by atoms with E-state index in [1.54, 1.807) is 0 Å². The lowest BCUT2D eigenvalue weighted by molar-refractivity contribution is 0.317. The summed E-state index contributed by atoms with van der Waals surface area (Å²) in [5.74, 6) is 2.08. The molecule has 0 radical (unpaired) electrons. The summed E-state index contributed by atoms with van der Waals surface area (Å²) in [5.41, 5.74) is 1.25. The minimum absolute atomic E-state index is 0.785. The SMILES string of the molecule is CSCCCOc1ccc(CBr)cc1Br. The van der Waals surface area contributed by atoms with Gasteiger partial charge in [0.25, 0.3) is 0 Å². The molecule has 0 unspecified atom stereocenters. The first-order valence-corrected chi connectivity index (χ1v) is 8.05. The van der Waals surface area contributed by atoms with Crippen LogP contribution in [0.15, 0.2) is 22.7 Å². The van der Waals surface area contributed by atoms with Gasteiger partial charge in [0.2, 0.25) is 0 Å². The summed E-state index contributed by atoms with van der Waals surface area (Å²) in [7, 11) is 0. The van der Waals surface area contributed by atoms with Crippen molar-refractivity contribution < 1.29 is 4.74 Å². The summed E-state index contributed by atoms with van der Waals surface area (Å²) < 4.78 is 6.69. The van der Waals surface area contributed by atoms with E-state index in [1.807, 2.05) is 17.8 Å². The van der Waals surface area contributed by atoms with Crippen LogP contribution in [0.1, 0.15) is 12.0 Å². The third-order valence-electron chi connectivity index (χ3n) is 1.90. The summed E-state index contributed by atoms with van der Waals surface area (Å²) >= 11 is 8.78. The van der Waals surface area contributed by atoms with Crippen molar-refractivity contribution in [3.05, 3.63) is 28.2 Å². The van der Waals surface area contributed by atoms with E-state index >= 15 is 0 Å². The van der Waals surface area contributed by atoms with Crippen LogP contribution < -0.4 is 4.74 Å². The van der Waals surface area contributed by atoms with E-state index in [2.05, 4.69) is 50.2 Å². The third-order valence-corrected chi connectivity index (χ3v) is 3.87. The Bertz CT molecular complexity index is 305. The van der Waals surface area contributed by atoms with Gasteiger partial charge in [0.05, 0.1) is 11.1 Å². The average Bonchev–Trinajstić information content (AvgIpc) is 2.26. The van der Waals surface area contributed by atoms with Crippen molar-refractivity contribution in [2.75, 3.05) is 18.6 Å². The van der Waals surface area contributed by atoms with Crippen molar-refractivity contribution in [1.82, 2.24) is 0 Å². The highest BCUT2D eigenvalue weighted by Gasteiger charge is 2.01. The molecule has 1 aromatic rings. The predicted molar refractivity (Wildman–Crippen MR) is 75.3 cm³/mol. The smallest absolute Gasteiger partial charge is 0.133 e. The maximum atomic E-state index is 5.66. The van der Waals surface area contributed by atoms with Gasteiger partial charge in [0, 0.05) is 5.33 Å². The number of benzene rings is 1. The van der Waals surface area contributed by atoms with E-state index in [-0.39, 0.29) is 0 Å². The Labute approximate surface area is 112 Å². The topological polar surface area (TPSA) is 9.23 Å². The molecule has 1 rings (SSSR count). The molecule has 0 N–H and O–H groups in total. The van der Waals surface area contributed by atoms with Gasteiger partial charge >= 0.3 is 0 Å². The number of alkyl halides is 1. The molecule has 0 fully saturated rings. The molecule has 0 amide bonds. The van der Waals surface area contributed by atoms with Crippen molar-refractivity contribution in [1.29, 1.82) is 0 Å². The first-order chi connectivity index (χ1) is 7.27. The second-order valence-electron chi connectivity index (χ2n) is 3.09. The maximum Gasteiger partial charge on any atom is 0.133 e. The fourth-order valence-corrected chi connectivity index (χ4v) is 2.43. The molecule has 0 heterocycles. The Hall–Kier alpha value is 0.330. The van der Waals surface area contributed by atoms with Gasteiger partial charge in [-0.15, -0.1) is 0 Å². The minimum atomic E-state index is 0.785. The highest BCUT2D eigenvalue weighted by molar-refractivity contribution is 9.10. The van der Waals surface area contributed by atoms with Crippen molar-refractivity contribution in [3.63, 3.8) is 0 Å². The van der Waals surface area contributed by atoms with Crippen LogP contribution in [0.2, 0.25) is 0 Å². The average molecular weight is 354 g/mol. The van der Waals surface area contributed by atoms with Crippen molar-refractivity contribution in [3.8, 4) is 5.75 Å². The Morgan fingerprint density at radius 2 is 2.20 bits per heavy atom. The molecule has 0 aliphatic heterocycles. The highest BCUT2D eigenvalue weighted by atomic mass is 79.9. The summed E-state index contributed by atoms with van der Waals surface area (Å²) in [6.07, 6.45) is 3.20. The lowest BCUT2D eigenvalue weighted by Gasteiger charge is -2.08. The minimum Gasteiger partial charge on any atom is -0.492 e. The Morgan fingerprint density at radius 3 is 2.80 bits per heavy atom. The molecule has 0 bridgehead atoms. The molecule has 0 saturated carbocycles. The summed E-state index contributed by atoms with van der Waals surface area (Å²) in [6.45, 7) is 0.785. The van der Waals surface area contributed by atoms with Crippen LogP contribution in [-0.4, -0.2) is 18.6 Å². The fraction of sp³-hybridized carbons (Fsp3) is 0.455. The Balaban J connectivity index is 2.47. The van der Waals surface area contributed by atoms with Gasteiger partial charge < -0.3 is 4.74 Å². The summed E-state index contributed by atoms with van der Waals surface area (Å²) in [4.78, 5) is 0. The quantitative estimate of drug-likeness (QED) is 0.551. The third kappa shape index (κ3) is 4.79. The van der Waals surface area contributed by atoms with Crippen LogP contribution in [-0.2, 0) is 5.33 Å². The zero-order valence-electron chi connectivity index (χ0n) is 8.63. The van der Waals surface area contributed by atoms with Crippen LogP contribution in [0.4, 0.5) is 0 Å². The molecular formula is C11H14Br2OS. The lowest BCUT2D eigenvalue weighted by atomic mass is 10.2. The molecule has 0 saturated heterocycles. The molecular weight excluding hydrogens is 340 g/mol. The van der Waals surface area contributed by atoms with Crippen LogP contribution in [0, 0.1) is 0 Å². The second-order valence-corrected chi connectivity index (χ2v) is 5.49. The monoisotopic (exact) mass is 352 g/mol. The van der Waals surface area contributed by atoms with E-state index in [0.29, 0.717) is 0 Å². The first-order valence-electron chi connectivity index (χ1n) is 4.74. The van der Waals surface area contributed by atoms with E-state index < -0.39 is 0 Å². The zero-order valence-corrected chi connectivity index (χ0v) is 12.6. The van der Waals surface area contributed by atoms with Crippen LogP contribution in [0.3, 0.4) is 0 Å². The summed E-state index contributed by atoms with van der Waals surface area (Å²) in [5, 5.41) is 0.873. The van der Waals surface area contributed by atoms with Gasteiger partial charge in [-0.2, -0.15) is 11.8 Å². The molecule has 4 heteroatoms. The van der Waals surface area contributed by atoms with Gasteiger partial charge in [0.1, 0.15) is 5.75 Å². The lowest BCUT2D eigenvalue weighted by Crippen LogP contribution is -1.99. The molecule has 84 valence electrons. The van der Waals surface area contributed by atoms with Gasteiger partial charge in [-0.25, -0.2) is 0 Å². The number of hydrogen-bond donors (Lipinski definition) is 0. The molecule has 15 heavy (non-hydrogen) atoms. The van der Waals surface area contributed by atoms with Gasteiger partial charge in [-0.3, -0.25) is 0 Å². The molecule has 0 aliphatic rings. The van der Waals surface area contributed by atoms with Crippen LogP contribution >= 0.6 is 43.6 Å². The second kappa shape index (κ2) is 7.58. The van der Waals surface area contributed by atoms with Crippen LogP contribution in [0.25, 0.3) is 0 Å². The molecule has 0 aromatic heterocycles. The number of hydrogen-bond acceptors (Lipinski definition) is 2. The maximum absolute atomic E-state index is 5.66. The fourth-order valence-electron chi connectivity index (χ4n) is 1.13. The van der Waals surface area contributed by atoms with E-state index in [9.17, 15) is 0 Å².